The fraction of sp³-hybridized carbons (Fsp3) is 0.560. The van der Waals surface area contributed by atoms with E-state index in [9.17, 15) is 13.6 Å². The summed E-state index contributed by atoms with van der Waals surface area (Å²) in [6.45, 7) is 7.82. The van der Waals surface area contributed by atoms with E-state index in [1.165, 1.54) is 6.07 Å². The number of nitrogens with zero attached hydrogens (tertiary/aromatic N) is 4. The van der Waals surface area contributed by atoms with Crippen LogP contribution < -0.4 is 15.4 Å². The molecule has 1 aromatic carbocycles. The van der Waals surface area contributed by atoms with Crippen LogP contribution in [0.15, 0.2) is 30.6 Å². The highest BCUT2D eigenvalue weighted by Crippen LogP contribution is 2.31. The van der Waals surface area contributed by atoms with Crippen LogP contribution in [0.4, 0.5) is 19.5 Å². The average Bonchev–Trinajstić information content (AvgIpc) is 3.22. The van der Waals surface area contributed by atoms with Gasteiger partial charge >= 0.3 is 6.09 Å². The number of ether oxygens (including phenoxy) is 2. The topological polar surface area (TPSA) is 93.8 Å². The summed E-state index contributed by atoms with van der Waals surface area (Å²) in [5, 5.41) is 0. The van der Waals surface area contributed by atoms with Crippen molar-refractivity contribution >= 4 is 12.0 Å². The van der Waals surface area contributed by atoms with E-state index < -0.39 is 11.6 Å². The van der Waals surface area contributed by atoms with Gasteiger partial charge in [-0.05, 0) is 63.3 Å². The smallest absolute Gasteiger partial charge is 0.410 e. The molecule has 2 saturated heterocycles. The highest BCUT2D eigenvalue weighted by atomic mass is 19.1. The molecule has 0 saturated carbocycles. The fourth-order valence-corrected chi connectivity index (χ4v) is 4.79. The number of benzene rings is 1. The molecule has 0 radical (unpaired) electrons. The second-order valence-electron chi connectivity index (χ2n) is 9.64. The monoisotopic (exact) mass is 489 g/mol. The number of halogens is 2. The third-order valence-corrected chi connectivity index (χ3v) is 6.74. The zero-order valence-electron chi connectivity index (χ0n) is 20.4. The maximum absolute atomic E-state index is 14.2. The minimum atomic E-state index is -0.486. The Bertz CT molecular complexity index is 1010. The Labute approximate surface area is 204 Å². The third-order valence-electron chi connectivity index (χ3n) is 6.74. The van der Waals surface area contributed by atoms with E-state index in [-0.39, 0.29) is 35.8 Å². The molecular weight excluding hydrogens is 456 g/mol. The number of hydrogen-bond acceptors (Lipinski definition) is 7. The van der Waals surface area contributed by atoms with E-state index in [1.807, 2.05) is 25.7 Å². The lowest BCUT2D eigenvalue weighted by Gasteiger charge is -2.34. The van der Waals surface area contributed by atoms with Crippen LogP contribution in [0.2, 0.25) is 0 Å². The normalized spacial score (nSPS) is 21.9. The van der Waals surface area contributed by atoms with E-state index in [1.54, 1.807) is 17.3 Å². The molecule has 3 atom stereocenters. The molecule has 4 rings (SSSR count). The Hall–Kier alpha value is -3.01. The van der Waals surface area contributed by atoms with Gasteiger partial charge in [0.15, 0.2) is 5.75 Å². The average molecular weight is 490 g/mol. The predicted octanol–water partition coefficient (Wildman–Crippen LogP) is 3.71. The molecule has 2 aromatic rings. The van der Waals surface area contributed by atoms with Crippen molar-refractivity contribution in [2.45, 2.75) is 57.8 Å². The molecule has 2 aliphatic rings. The van der Waals surface area contributed by atoms with Gasteiger partial charge in [0.2, 0.25) is 5.95 Å². The van der Waals surface area contributed by atoms with Crippen molar-refractivity contribution in [3.05, 3.63) is 47.8 Å². The molecule has 0 spiro atoms. The van der Waals surface area contributed by atoms with Crippen molar-refractivity contribution in [2.24, 2.45) is 11.7 Å². The lowest BCUT2D eigenvalue weighted by molar-refractivity contribution is 0.0494. The summed E-state index contributed by atoms with van der Waals surface area (Å²) in [7, 11) is 0. The largest absolute Gasteiger partial charge is 0.487 e. The molecule has 35 heavy (non-hydrogen) atoms. The van der Waals surface area contributed by atoms with Gasteiger partial charge in [0.05, 0.1) is 24.6 Å². The minimum Gasteiger partial charge on any atom is -0.487 e. The van der Waals surface area contributed by atoms with Gasteiger partial charge in [0, 0.05) is 38.1 Å². The van der Waals surface area contributed by atoms with Crippen molar-refractivity contribution in [3.63, 3.8) is 0 Å². The molecule has 2 fully saturated rings. The van der Waals surface area contributed by atoms with Gasteiger partial charge in [-0.3, -0.25) is 0 Å². The van der Waals surface area contributed by atoms with Gasteiger partial charge in [-0.1, -0.05) is 0 Å². The highest BCUT2D eigenvalue weighted by Gasteiger charge is 2.34. The first-order chi connectivity index (χ1) is 16.7. The number of likely N-dealkylation sites (tertiary alicyclic amines) is 1. The zero-order chi connectivity index (χ0) is 25.1. The zero-order valence-corrected chi connectivity index (χ0v) is 20.4. The van der Waals surface area contributed by atoms with Crippen LogP contribution in [0.3, 0.4) is 0 Å². The Morgan fingerprint density at radius 2 is 1.80 bits per heavy atom. The van der Waals surface area contributed by atoms with Crippen molar-refractivity contribution in [1.82, 2.24) is 14.9 Å². The number of amides is 1. The van der Waals surface area contributed by atoms with Crippen LogP contribution in [-0.4, -0.2) is 65.4 Å². The number of aromatic nitrogens is 2. The quantitative estimate of drug-likeness (QED) is 0.661. The standard InChI is InChI=1S/C25H33F2N5O3/c1-15(2)34-25(33)31-8-6-17(7-9-31)16(3)35-19-11-29-24(30-12-19)32-13-21(23(28)14-32)20-10-18(26)4-5-22(20)27/h4-5,10-12,15-17,21,23H,6-9,13-14,28H2,1-3H3/t16-,21-,23+/m1/s1. The summed E-state index contributed by atoms with van der Waals surface area (Å²) in [5.74, 6) is 0.0242. The lowest BCUT2D eigenvalue weighted by Crippen LogP contribution is -2.42. The van der Waals surface area contributed by atoms with Crippen LogP contribution in [0.1, 0.15) is 45.1 Å². The van der Waals surface area contributed by atoms with Gasteiger partial charge in [-0.2, -0.15) is 0 Å². The summed E-state index contributed by atoms with van der Waals surface area (Å²) in [6.07, 6.45) is 4.45. The molecule has 0 aliphatic carbocycles. The molecule has 3 heterocycles. The van der Waals surface area contributed by atoms with E-state index in [2.05, 4.69) is 9.97 Å². The summed E-state index contributed by atoms with van der Waals surface area (Å²) in [5.41, 5.74) is 6.52. The van der Waals surface area contributed by atoms with Gasteiger partial charge in [0.1, 0.15) is 11.6 Å². The first-order valence-corrected chi connectivity index (χ1v) is 12.1. The number of hydrogen-bond donors (Lipinski definition) is 1. The Morgan fingerprint density at radius 3 is 2.46 bits per heavy atom. The molecule has 8 nitrogen and oxygen atoms in total. The maximum Gasteiger partial charge on any atom is 0.410 e. The Balaban J connectivity index is 1.31. The number of carbonyl (C=O) groups excluding carboxylic acids is 1. The Morgan fingerprint density at radius 1 is 1.11 bits per heavy atom. The summed E-state index contributed by atoms with van der Waals surface area (Å²) < 4.78 is 39.3. The summed E-state index contributed by atoms with van der Waals surface area (Å²) in [4.78, 5) is 24.5. The predicted molar refractivity (Wildman–Crippen MR) is 127 cm³/mol. The van der Waals surface area contributed by atoms with E-state index >= 15 is 0 Å². The number of piperidine rings is 1. The second-order valence-corrected chi connectivity index (χ2v) is 9.64. The van der Waals surface area contributed by atoms with Crippen LogP contribution >= 0.6 is 0 Å². The summed E-state index contributed by atoms with van der Waals surface area (Å²) >= 11 is 0. The molecule has 2 N–H and O–H groups in total. The molecule has 1 amide bonds. The second kappa shape index (κ2) is 10.7. The first kappa shape index (κ1) is 25.1. The Kier molecular flexibility index (Phi) is 7.69. The molecule has 190 valence electrons. The minimum absolute atomic E-state index is 0.0618. The molecule has 2 aliphatic heterocycles. The maximum atomic E-state index is 14.2. The molecule has 0 unspecified atom stereocenters. The number of carbonyl (C=O) groups is 1. The van der Waals surface area contributed by atoms with Gasteiger partial charge < -0.3 is 25.0 Å². The summed E-state index contributed by atoms with van der Waals surface area (Å²) in [6, 6.07) is 3.07. The van der Waals surface area contributed by atoms with Crippen LogP contribution in [-0.2, 0) is 4.74 Å². The van der Waals surface area contributed by atoms with E-state index in [0.717, 1.165) is 25.0 Å². The fourth-order valence-electron chi connectivity index (χ4n) is 4.79. The van der Waals surface area contributed by atoms with Crippen molar-refractivity contribution in [3.8, 4) is 5.75 Å². The molecule has 10 heteroatoms. The van der Waals surface area contributed by atoms with Crippen molar-refractivity contribution in [1.29, 1.82) is 0 Å². The number of nitrogens with two attached hydrogens (primary N) is 1. The number of rotatable bonds is 6. The van der Waals surface area contributed by atoms with Crippen LogP contribution in [0, 0.1) is 17.6 Å². The molecule has 1 aromatic heterocycles. The van der Waals surface area contributed by atoms with Gasteiger partial charge in [-0.15, -0.1) is 0 Å². The highest BCUT2D eigenvalue weighted by molar-refractivity contribution is 5.67. The van der Waals surface area contributed by atoms with Crippen molar-refractivity contribution in [2.75, 3.05) is 31.1 Å². The van der Waals surface area contributed by atoms with E-state index in [0.29, 0.717) is 43.8 Å². The van der Waals surface area contributed by atoms with Crippen LogP contribution in [0.25, 0.3) is 0 Å². The SMILES string of the molecule is CC(C)OC(=O)N1CCC([C@@H](C)Oc2cnc(N3C[C@H](c4cc(F)ccc4F)[C@@H](N)C3)nc2)CC1. The van der Waals surface area contributed by atoms with Crippen LogP contribution in [0.5, 0.6) is 5.75 Å². The van der Waals surface area contributed by atoms with Crippen molar-refractivity contribution < 1.29 is 23.0 Å². The number of anilines is 1. The third kappa shape index (κ3) is 5.98. The first-order valence-electron chi connectivity index (χ1n) is 12.1. The van der Waals surface area contributed by atoms with Gasteiger partial charge in [-0.25, -0.2) is 23.5 Å². The molecular formula is C25H33F2N5O3. The van der Waals surface area contributed by atoms with E-state index in [4.69, 9.17) is 15.2 Å². The lowest BCUT2D eigenvalue weighted by atomic mass is 9.92. The molecule has 0 bridgehead atoms. The van der Waals surface area contributed by atoms with Gasteiger partial charge in [0.25, 0.3) is 0 Å².